The van der Waals surface area contributed by atoms with Gasteiger partial charge in [-0.3, -0.25) is 4.99 Å². The normalized spacial score (nSPS) is 23.7. The van der Waals surface area contributed by atoms with E-state index in [1.807, 2.05) is 11.8 Å². The smallest absolute Gasteiger partial charge is 0.191 e. The molecule has 1 fully saturated rings. The van der Waals surface area contributed by atoms with E-state index in [-0.39, 0.29) is 10.2 Å². The van der Waals surface area contributed by atoms with Crippen LogP contribution in [-0.4, -0.2) is 49.3 Å². The summed E-state index contributed by atoms with van der Waals surface area (Å²) in [5.74, 6) is 1.47. The molecule has 0 spiro atoms. The van der Waals surface area contributed by atoms with Gasteiger partial charge in [0.15, 0.2) is 5.96 Å². The van der Waals surface area contributed by atoms with Crippen molar-refractivity contribution in [1.82, 2.24) is 10.6 Å². The van der Waals surface area contributed by atoms with Crippen LogP contribution in [0.25, 0.3) is 0 Å². The standard InChI is InChI=1S/C18H37N3OS/c1-8-19-16(21-13-18(5,6)23-7)20-12-14-10-9-11-22-15(14)17(2,3)4/h14-15H,8-13H2,1-7H3,(H2,19,20,21). The quantitative estimate of drug-likeness (QED) is 0.572. The van der Waals surface area contributed by atoms with E-state index < -0.39 is 0 Å². The van der Waals surface area contributed by atoms with E-state index in [2.05, 4.69) is 58.4 Å². The van der Waals surface area contributed by atoms with Crippen molar-refractivity contribution in [2.75, 3.05) is 32.5 Å². The van der Waals surface area contributed by atoms with Gasteiger partial charge in [0.25, 0.3) is 0 Å². The number of guanidine groups is 1. The number of thioether (sulfide) groups is 1. The molecule has 2 N–H and O–H groups in total. The van der Waals surface area contributed by atoms with Gasteiger partial charge in [0.1, 0.15) is 0 Å². The van der Waals surface area contributed by atoms with Crippen LogP contribution in [0.4, 0.5) is 0 Å². The maximum Gasteiger partial charge on any atom is 0.191 e. The summed E-state index contributed by atoms with van der Waals surface area (Å²) >= 11 is 1.85. The van der Waals surface area contributed by atoms with Gasteiger partial charge in [0.2, 0.25) is 0 Å². The van der Waals surface area contributed by atoms with Crippen molar-refractivity contribution in [2.45, 2.75) is 65.2 Å². The Hall–Kier alpha value is -0.420. The van der Waals surface area contributed by atoms with Gasteiger partial charge in [-0.25, -0.2) is 0 Å². The van der Waals surface area contributed by atoms with E-state index in [9.17, 15) is 0 Å². The predicted octanol–water partition coefficient (Wildman–Crippen LogP) is 3.52. The van der Waals surface area contributed by atoms with E-state index in [0.717, 1.165) is 38.6 Å². The molecule has 1 rings (SSSR count). The van der Waals surface area contributed by atoms with Gasteiger partial charge in [-0.1, -0.05) is 20.8 Å². The molecule has 1 aliphatic heterocycles. The maximum atomic E-state index is 6.08. The number of rotatable bonds is 6. The number of ether oxygens (including phenoxy) is 1. The van der Waals surface area contributed by atoms with Crippen LogP contribution in [0.3, 0.4) is 0 Å². The first-order valence-electron chi connectivity index (χ1n) is 8.88. The zero-order chi connectivity index (χ0) is 17.5. The van der Waals surface area contributed by atoms with E-state index in [4.69, 9.17) is 9.73 Å². The highest BCUT2D eigenvalue weighted by molar-refractivity contribution is 7.99. The third-order valence-electron chi connectivity index (χ3n) is 4.34. The third kappa shape index (κ3) is 7.34. The first-order valence-corrected chi connectivity index (χ1v) is 10.1. The minimum Gasteiger partial charge on any atom is -0.377 e. The van der Waals surface area contributed by atoms with E-state index in [0.29, 0.717) is 12.0 Å². The first kappa shape index (κ1) is 20.6. The lowest BCUT2D eigenvalue weighted by Crippen LogP contribution is -2.47. The highest BCUT2D eigenvalue weighted by Gasteiger charge is 2.35. The van der Waals surface area contributed by atoms with Crippen molar-refractivity contribution in [3.8, 4) is 0 Å². The topological polar surface area (TPSA) is 45.7 Å². The fourth-order valence-corrected chi connectivity index (χ4v) is 3.11. The first-order chi connectivity index (χ1) is 10.7. The molecule has 23 heavy (non-hydrogen) atoms. The third-order valence-corrected chi connectivity index (χ3v) is 5.58. The second-order valence-electron chi connectivity index (χ2n) is 8.10. The fraction of sp³-hybridized carbons (Fsp3) is 0.944. The largest absolute Gasteiger partial charge is 0.377 e. The van der Waals surface area contributed by atoms with Crippen LogP contribution in [0, 0.1) is 11.3 Å². The van der Waals surface area contributed by atoms with E-state index in [1.165, 1.54) is 6.42 Å². The Morgan fingerprint density at radius 3 is 2.48 bits per heavy atom. The summed E-state index contributed by atoms with van der Waals surface area (Å²) in [7, 11) is 0. The Kier molecular flexibility index (Phi) is 8.22. The predicted molar refractivity (Wildman–Crippen MR) is 103 cm³/mol. The van der Waals surface area contributed by atoms with Crippen molar-refractivity contribution >= 4 is 17.7 Å². The van der Waals surface area contributed by atoms with Gasteiger partial charge in [0.05, 0.1) is 12.6 Å². The average Bonchev–Trinajstić information content (AvgIpc) is 2.49. The van der Waals surface area contributed by atoms with Crippen LogP contribution < -0.4 is 10.6 Å². The average molecular weight is 344 g/mol. The fourth-order valence-electron chi connectivity index (χ4n) is 2.91. The summed E-state index contributed by atoms with van der Waals surface area (Å²) in [5, 5.41) is 6.90. The second kappa shape index (κ2) is 9.16. The lowest BCUT2D eigenvalue weighted by Gasteiger charge is -2.40. The molecule has 0 bridgehead atoms. The highest BCUT2D eigenvalue weighted by atomic mass is 32.2. The summed E-state index contributed by atoms with van der Waals surface area (Å²) in [6.07, 6.45) is 4.84. The molecule has 4 nitrogen and oxygen atoms in total. The molecule has 1 aliphatic rings. The monoisotopic (exact) mass is 343 g/mol. The van der Waals surface area contributed by atoms with Gasteiger partial charge in [0, 0.05) is 30.4 Å². The zero-order valence-corrected chi connectivity index (χ0v) is 17.0. The molecule has 1 saturated heterocycles. The highest BCUT2D eigenvalue weighted by Crippen LogP contribution is 2.33. The molecule has 0 aromatic heterocycles. The summed E-state index contributed by atoms with van der Waals surface area (Å²) in [4.78, 5) is 4.76. The van der Waals surface area contributed by atoms with Crippen molar-refractivity contribution < 1.29 is 4.74 Å². The molecule has 0 aliphatic carbocycles. The van der Waals surface area contributed by atoms with Crippen LogP contribution in [0.2, 0.25) is 0 Å². The zero-order valence-electron chi connectivity index (χ0n) is 16.2. The van der Waals surface area contributed by atoms with E-state index in [1.54, 1.807) is 0 Å². The summed E-state index contributed by atoms with van der Waals surface area (Å²) < 4.78 is 6.25. The SMILES string of the molecule is CCNC(=NCC(C)(C)SC)NCC1CCCOC1C(C)(C)C. The van der Waals surface area contributed by atoms with E-state index >= 15 is 0 Å². The van der Waals surface area contributed by atoms with Crippen molar-refractivity contribution in [1.29, 1.82) is 0 Å². The van der Waals surface area contributed by atoms with Gasteiger partial charge in [-0.05, 0) is 45.3 Å². The Labute approximate surface area is 147 Å². The lowest BCUT2D eigenvalue weighted by atomic mass is 9.78. The maximum absolute atomic E-state index is 6.08. The van der Waals surface area contributed by atoms with Crippen LogP contribution in [-0.2, 0) is 4.74 Å². The lowest BCUT2D eigenvalue weighted by molar-refractivity contribution is -0.0835. The van der Waals surface area contributed by atoms with Gasteiger partial charge >= 0.3 is 0 Å². The second-order valence-corrected chi connectivity index (χ2v) is 9.61. The van der Waals surface area contributed by atoms with Crippen molar-refractivity contribution in [2.24, 2.45) is 16.3 Å². The molecule has 136 valence electrons. The summed E-state index contributed by atoms with van der Waals surface area (Å²) in [6, 6.07) is 0. The van der Waals surface area contributed by atoms with Crippen LogP contribution >= 0.6 is 11.8 Å². The van der Waals surface area contributed by atoms with Crippen molar-refractivity contribution in [3.63, 3.8) is 0 Å². The summed E-state index contributed by atoms with van der Waals surface area (Å²) in [5.41, 5.74) is 0.184. The molecule has 0 aromatic carbocycles. The van der Waals surface area contributed by atoms with Crippen molar-refractivity contribution in [3.05, 3.63) is 0 Å². The van der Waals surface area contributed by atoms with Crippen LogP contribution in [0.5, 0.6) is 0 Å². The molecular weight excluding hydrogens is 306 g/mol. The Balaban J connectivity index is 2.64. The number of hydrogen-bond donors (Lipinski definition) is 2. The molecule has 5 heteroatoms. The van der Waals surface area contributed by atoms with Crippen LogP contribution in [0.15, 0.2) is 4.99 Å². The number of nitrogens with one attached hydrogen (secondary N) is 2. The minimum atomic E-state index is 0.171. The van der Waals surface area contributed by atoms with Gasteiger partial charge in [-0.15, -0.1) is 0 Å². The summed E-state index contributed by atoms with van der Waals surface area (Å²) in [6.45, 7) is 16.9. The molecule has 1 heterocycles. The Morgan fingerprint density at radius 1 is 1.22 bits per heavy atom. The number of nitrogens with zero attached hydrogens (tertiary/aromatic N) is 1. The molecule has 0 amide bonds. The minimum absolute atomic E-state index is 0.171. The number of aliphatic imine (C=N–C) groups is 1. The molecule has 0 radical (unpaired) electrons. The molecule has 0 saturated carbocycles. The van der Waals surface area contributed by atoms with Gasteiger partial charge in [-0.2, -0.15) is 11.8 Å². The van der Waals surface area contributed by atoms with Crippen LogP contribution in [0.1, 0.15) is 54.4 Å². The number of hydrogen-bond acceptors (Lipinski definition) is 3. The molecule has 2 unspecified atom stereocenters. The van der Waals surface area contributed by atoms with Gasteiger partial charge < -0.3 is 15.4 Å². The Morgan fingerprint density at radius 2 is 1.91 bits per heavy atom. The molecular formula is C18H37N3OS. The Bertz CT molecular complexity index is 377. The molecule has 0 aromatic rings. The molecule has 2 atom stereocenters.